The van der Waals surface area contributed by atoms with Gasteiger partial charge in [-0.2, -0.15) is 6.20 Å². The maximum atomic E-state index is 5.00. The predicted molar refractivity (Wildman–Crippen MR) is 61.6 cm³/mol. The van der Waals surface area contributed by atoms with Gasteiger partial charge in [0.15, 0.2) is 0 Å². The van der Waals surface area contributed by atoms with Crippen molar-refractivity contribution in [3.63, 3.8) is 0 Å². The molecule has 6 heteroatoms. The van der Waals surface area contributed by atoms with Crippen molar-refractivity contribution < 1.29 is 18.2 Å². The Bertz CT molecular complexity index is 363. The molecule has 0 saturated carbocycles. The summed E-state index contributed by atoms with van der Waals surface area (Å²) in [4.78, 5) is 4.17. The zero-order valence-electron chi connectivity index (χ0n) is 6.85. The Kier molecular flexibility index (Phi) is 6.11. The fourth-order valence-electron chi connectivity index (χ4n) is 0.998. The van der Waals surface area contributed by atoms with E-state index in [0.29, 0.717) is 0 Å². The standard InChI is InChI=1S/C8H5BrN.3ClH.Zr/c9-7-4-5-10-8-3-1-2-6(7)8;;;;/h1-5H;3*1H;/q-1;;;;+3/p-3. The summed E-state index contributed by atoms with van der Waals surface area (Å²) < 4.78 is 1.11. The molecule has 0 aromatic carbocycles. The number of pyridine rings is 1. The van der Waals surface area contributed by atoms with Crippen LogP contribution in [-0.4, -0.2) is 0 Å². The second-order valence-electron chi connectivity index (χ2n) is 2.33. The van der Waals surface area contributed by atoms with Gasteiger partial charge in [-0.05, 0) is 5.56 Å². The van der Waals surface area contributed by atoms with Crippen molar-refractivity contribution in [2.24, 2.45) is 0 Å². The van der Waals surface area contributed by atoms with Crippen LogP contribution in [0.5, 0.6) is 0 Å². The average molecular weight is 393 g/mol. The summed E-state index contributed by atoms with van der Waals surface area (Å²) in [5.74, 6) is 0. The SMILES string of the molecule is Brc1cc[n-]c2cccc1-2.[Cl][Zr]([Cl])[Cl]. The van der Waals surface area contributed by atoms with Crippen molar-refractivity contribution in [1.82, 2.24) is 4.98 Å². The summed E-state index contributed by atoms with van der Waals surface area (Å²) in [5.41, 5.74) is 2.23. The molecule has 0 aromatic heterocycles. The molecule has 0 amide bonds. The fourth-order valence-corrected chi connectivity index (χ4v) is 1.45. The molecule has 0 N–H and O–H groups in total. The van der Waals surface area contributed by atoms with Crippen LogP contribution in [0.4, 0.5) is 0 Å². The topological polar surface area (TPSA) is 14.1 Å². The number of rotatable bonds is 0. The minimum atomic E-state index is -2.13. The van der Waals surface area contributed by atoms with Gasteiger partial charge < -0.3 is 4.98 Å². The Morgan fingerprint density at radius 1 is 1.14 bits per heavy atom. The minimum absolute atomic E-state index is 1.05. The number of nitrogens with zero attached hydrogens (tertiary/aromatic N) is 1. The zero-order chi connectivity index (χ0) is 10.6. The van der Waals surface area contributed by atoms with Gasteiger partial charge in [-0.1, -0.05) is 40.2 Å². The Balaban J connectivity index is 0.000000213. The van der Waals surface area contributed by atoms with E-state index in [1.54, 1.807) is 6.20 Å². The molecule has 0 saturated heterocycles. The molecule has 1 aliphatic carbocycles. The van der Waals surface area contributed by atoms with Gasteiger partial charge in [0.2, 0.25) is 0 Å². The molecule has 1 aliphatic heterocycles. The molecule has 2 rings (SSSR count). The van der Waals surface area contributed by atoms with E-state index < -0.39 is 18.2 Å². The van der Waals surface area contributed by atoms with Crippen LogP contribution in [0.2, 0.25) is 0 Å². The van der Waals surface area contributed by atoms with Gasteiger partial charge in [0.25, 0.3) is 0 Å². The fraction of sp³-hybridized carbons (Fsp3) is 0. The monoisotopic (exact) mass is 389 g/mol. The Morgan fingerprint density at radius 2 is 1.79 bits per heavy atom. The number of halogens is 4. The second-order valence-corrected chi connectivity index (χ2v) is 14.4. The van der Waals surface area contributed by atoms with Gasteiger partial charge >= 0.3 is 43.7 Å². The quantitative estimate of drug-likeness (QED) is 0.640. The third-order valence-corrected chi connectivity index (χ3v) is 2.18. The third kappa shape index (κ3) is 4.24. The molecule has 0 bridgehead atoms. The van der Waals surface area contributed by atoms with Crippen molar-refractivity contribution in [2.75, 3.05) is 0 Å². The van der Waals surface area contributed by atoms with Gasteiger partial charge in [0.1, 0.15) is 0 Å². The van der Waals surface area contributed by atoms with Gasteiger partial charge in [-0.15, -0.1) is 5.69 Å². The van der Waals surface area contributed by atoms with Crippen LogP contribution < -0.4 is 4.98 Å². The van der Waals surface area contributed by atoms with E-state index in [4.69, 9.17) is 25.5 Å². The number of hydrogen-bond donors (Lipinski definition) is 0. The first-order valence-corrected chi connectivity index (χ1v) is 13.9. The summed E-state index contributed by atoms with van der Waals surface area (Å²) in [7, 11) is 15.0. The van der Waals surface area contributed by atoms with Crippen LogP contribution in [-0.2, 0) is 18.2 Å². The first-order valence-electron chi connectivity index (χ1n) is 3.60. The van der Waals surface area contributed by atoms with Crippen molar-refractivity contribution in [2.45, 2.75) is 0 Å². The first-order chi connectivity index (χ1) is 6.61. The summed E-state index contributed by atoms with van der Waals surface area (Å²) in [5, 5.41) is 0. The van der Waals surface area contributed by atoms with Crippen LogP contribution in [0.15, 0.2) is 34.9 Å². The molecule has 14 heavy (non-hydrogen) atoms. The summed E-state index contributed by atoms with van der Waals surface area (Å²) in [6, 6.07) is 8.00. The van der Waals surface area contributed by atoms with Crippen molar-refractivity contribution in [1.29, 1.82) is 0 Å². The van der Waals surface area contributed by atoms with E-state index in [-0.39, 0.29) is 0 Å². The third-order valence-electron chi connectivity index (χ3n) is 1.48. The van der Waals surface area contributed by atoms with Crippen LogP contribution in [0.3, 0.4) is 0 Å². The Labute approximate surface area is 110 Å². The molecular weight excluding hydrogens is 388 g/mol. The summed E-state index contributed by atoms with van der Waals surface area (Å²) in [6.07, 6.45) is 1.80. The van der Waals surface area contributed by atoms with Gasteiger partial charge in [-0.25, -0.2) is 0 Å². The van der Waals surface area contributed by atoms with Gasteiger partial charge in [-0.3, -0.25) is 0 Å². The van der Waals surface area contributed by atoms with Crippen molar-refractivity contribution >= 4 is 41.5 Å². The number of fused-ring (bicyclic) bond motifs is 1. The molecule has 75 valence electrons. The molecule has 2 aliphatic rings. The van der Waals surface area contributed by atoms with Crippen molar-refractivity contribution in [3.8, 4) is 11.3 Å². The summed E-state index contributed by atoms with van der Waals surface area (Å²) in [6.45, 7) is 0. The van der Waals surface area contributed by atoms with Crippen LogP contribution in [0.25, 0.3) is 11.3 Å². The molecule has 0 atom stereocenters. The van der Waals surface area contributed by atoms with Crippen LogP contribution in [0.1, 0.15) is 0 Å². The molecule has 0 radical (unpaired) electrons. The number of aromatic nitrogens is 1. The maximum absolute atomic E-state index is 5.00. The molecule has 0 aromatic rings. The van der Waals surface area contributed by atoms with Crippen LogP contribution in [0, 0.1) is 0 Å². The Morgan fingerprint density at radius 3 is 2.36 bits per heavy atom. The molecule has 0 spiro atoms. The van der Waals surface area contributed by atoms with E-state index in [1.165, 1.54) is 5.56 Å². The Hall–Kier alpha value is 0.993. The van der Waals surface area contributed by atoms with E-state index in [2.05, 4.69) is 20.9 Å². The molecule has 1 nitrogen and oxygen atoms in total. The number of hydrogen-bond acceptors (Lipinski definition) is 0. The van der Waals surface area contributed by atoms with E-state index in [0.717, 1.165) is 10.2 Å². The van der Waals surface area contributed by atoms with E-state index in [9.17, 15) is 0 Å². The van der Waals surface area contributed by atoms with E-state index in [1.807, 2.05) is 24.3 Å². The zero-order valence-corrected chi connectivity index (χ0v) is 13.2. The molecule has 0 fully saturated rings. The first kappa shape index (κ1) is 13.1. The van der Waals surface area contributed by atoms with Crippen LogP contribution >= 0.6 is 41.5 Å². The second kappa shape index (κ2) is 6.55. The molecular formula is C8H5BrCl3NZr-. The van der Waals surface area contributed by atoms with Crippen molar-refractivity contribution in [3.05, 3.63) is 34.9 Å². The van der Waals surface area contributed by atoms with E-state index >= 15 is 0 Å². The normalized spacial score (nSPS) is 9.43. The average Bonchev–Trinajstić information content (AvgIpc) is 2.52. The molecule has 1 heterocycles. The van der Waals surface area contributed by atoms with Gasteiger partial charge in [0, 0.05) is 4.47 Å². The molecule has 0 unspecified atom stereocenters. The van der Waals surface area contributed by atoms with Gasteiger partial charge in [0.05, 0.1) is 0 Å². The summed E-state index contributed by atoms with van der Waals surface area (Å²) >= 11 is 1.31. The predicted octanol–water partition coefficient (Wildman–Crippen LogP) is 4.58.